The van der Waals surface area contributed by atoms with Crippen LogP contribution in [-0.4, -0.2) is 34.8 Å². The van der Waals surface area contributed by atoms with Crippen molar-refractivity contribution in [2.24, 2.45) is 0 Å². The highest BCUT2D eigenvalue weighted by atomic mass is 32.1. The van der Waals surface area contributed by atoms with Gasteiger partial charge in [0.2, 0.25) is 0 Å². The molecule has 0 saturated carbocycles. The predicted octanol–water partition coefficient (Wildman–Crippen LogP) is 4.83. The third-order valence-corrected chi connectivity index (χ3v) is 6.72. The second-order valence-corrected chi connectivity index (χ2v) is 9.05. The zero-order valence-electron chi connectivity index (χ0n) is 16.7. The summed E-state index contributed by atoms with van der Waals surface area (Å²) in [4.78, 5) is 33.2. The standard InChI is InChI=1S/C22H23N3O3S2/c1-2-3-12-28-16-8-6-15(7-9-16)21(27)25-11-10-17-19(14-25)30-22(23-17)24-20(26)18-5-4-13-29-18/h4-9,13H,2-3,10-12,14H2,1H3,(H,23,24,26). The number of thiazole rings is 1. The first-order valence-electron chi connectivity index (χ1n) is 9.99. The minimum Gasteiger partial charge on any atom is -0.494 e. The molecule has 8 heteroatoms. The number of fused-ring (bicyclic) bond motifs is 1. The molecule has 4 rings (SSSR count). The van der Waals surface area contributed by atoms with Crippen LogP contribution in [0.25, 0.3) is 0 Å². The lowest BCUT2D eigenvalue weighted by molar-refractivity contribution is 0.0736. The number of carbonyl (C=O) groups excluding carboxylic acids is 2. The number of anilines is 1. The van der Waals surface area contributed by atoms with E-state index in [2.05, 4.69) is 17.2 Å². The van der Waals surface area contributed by atoms with E-state index in [0.717, 1.165) is 29.2 Å². The second kappa shape index (κ2) is 9.40. The molecule has 0 unspecified atom stereocenters. The van der Waals surface area contributed by atoms with Crippen LogP contribution in [0.15, 0.2) is 41.8 Å². The average molecular weight is 442 g/mol. The van der Waals surface area contributed by atoms with Gasteiger partial charge in [-0.1, -0.05) is 30.7 Å². The van der Waals surface area contributed by atoms with Crippen LogP contribution in [0.1, 0.15) is 50.4 Å². The number of amides is 2. The van der Waals surface area contributed by atoms with Gasteiger partial charge in [0, 0.05) is 23.4 Å². The molecule has 0 aliphatic carbocycles. The first kappa shape index (κ1) is 20.6. The highest BCUT2D eigenvalue weighted by Gasteiger charge is 2.25. The monoisotopic (exact) mass is 441 g/mol. The molecule has 0 bridgehead atoms. The maximum Gasteiger partial charge on any atom is 0.267 e. The van der Waals surface area contributed by atoms with Crippen molar-refractivity contribution >= 4 is 39.6 Å². The first-order chi connectivity index (χ1) is 14.6. The molecule has 30 heavy (non-hydrogen) atoms. The van der Waals surface area contributed by atoms with Crippen LogP contribution < -0.4 is 10.1 Å². The summed E-state index contributed by atoms with van der Waals surface area (Å²) in [5.41, 5.74) is 1.61. The third-order valence-electron chi connectivity index (χ3n) is 4.85. The fraction of sp³-hybridized carbons (Fsp3) is 0.318. The Balaban J connectivity index is 1.38. The van der Waals surface area contributed by atoms with Crippen LogP contribution in [0.3, 0.4) is 0 Å². The van der Waals surface area contributed by atoms with Crippen LogP contribution in [0.5, 0.6) is 5.75 Å². The van der Waals surface area contributed by atoms with Gasteiger partial charge in [0.05, 0.1) is 23.7 Å². The van der Waals surface area contributed by atoms with Crippen LogP contribution in [0.4, 0.5) is 5.13 Å². The maximum atomic E-state index is 12.9. The van der Waals surface area contributed by atoms with Crippen LogP contribution in [0.2, 0.25) is 0 Å². The molecular formula is C22H23N3O3S2. The summed E-state index contributed by atoms with van der Waals surface area (Å²) in [5, 5.41) is 5.32. The number of aromatic nitrogens is 1. The lowest BCUT2D eigenvalue weighted by atomic mass is 10.1. The molecule has 2 amide bonds. The van der Waals surface area contributed by atoms with Crippen molar-refractivity contribution in [1.82, 2.24) is 9.88 Å². The van der Waals surface area contributed by atoms with E-state index in [0.29, 0.717) is 41.7 Å². The summed E-state index contributed by atoms with van der Waals surface area (Å²) >= 11 is 2.83. The Morgan fingerprint density at radius 3 is 2.80 bits per heavy atom. The maximum absolute atomic E-state index is 12.9. The molecular weight excluding hydrogens is 418 g/mol. The van der Waals surface area contributed by atoms with Gasteiger partial charge in [-0.15, -0.1) is 11.3 Å². The van der Waals surface area contributed by atoms with Crippen LogP contribution in [0, 0.1) is 0 Å². The van der Waals surface area contributed by atoms with Crippen molar-refractivity contribution in [3.63, 3.8) is 0 Å². The van der Waals surface area contributed by atoms with E-state index in [1.165, 1.54) is 22.7 Å². The highest BCUT2D eigenvalue weighted by Crippen LogP contribution is 2.29. The molecule has 1 aromatic carbocycles. The minimum atomic E-state index is -0.148. The molecule has 0 radical (unpaired) electrons. The van der Waals surface area contributed by atoms with Crippen molar-refractivity contribution in [3.05, 3.63) is 62.8 Å². The van der Waals surface area contributed by atoms with Gasteiger partial charge in [0.15, 0.2) is 5.13 Å². The fourth-order valence-corrected chi connectivity index (χ4v) is 4.84. The lowest BCUT2D eigenvalue weighted by Crippen LogP contribution is -2.35. The number of ether oxygens (including phenoxy) is 1. The van der Waals surface area contributed by atoms with E-state index in [1.807, 2.05) is 40.6 Å². The Labute approximate surface area is 183 Å². The number of nitrogens with zero attached hydrogens (tertiary/aromatic N) is 2. The zero-order chi connectivity index (χ0) is 20.9. The SMILES string of the molecule is CCCCOc1ccc(C(=O)N2CCc3nc(NC(=O)c4cccs4)sc3C2)cc1. The van der Waals surface area contributed by atoms with Crippen molar-refractivity contribution in [1.29, 1.82) is 0 Å². The van der Waals surface area contributed by atoms with Crippen molar-refractivity contribution in [3.8, 4) is 5.75 Å². The Hall–Kier alpha value is -2.71. The van der Waals surface area contributed by atoms with E-state index < -0.39 is 0 Å². The summed E-state index contributed by atoms with van der Waals surface area (Å²) in [6.07, 6.45) is 2.79. The van der Waals surface area contributed by atoms with E-state index in [9.17, 15) is 9.59 Å². The predicted molar refractivity (Wildman–Crippen MR) is 120 cm³/mol. The summed E-state index contributed by atoms with van der Waals surface area (Å²) < 4.78 is 5.67. The average Bonchev–Trinajstić information content (AvgIpc) is 3.43. The Morgan fingerprint density at radius 2 is 2.07 bits per heavy atom. The molecule has 1 N–H and O–H groups in total. The summed E-state index contributed by atoms with van der Waals surface area (Å²) in [6, 6.07) is 11.0. The fourth-order valence-electron chi connectivity index (χ4n) is 3.20. The van der Waals surface area contributed by atoms with Crippen molar-refractivity contribution in [2.45, 2.75) is 32.7 Å². The number of benzene rings is 1. The molecule has 6 nitrogen and oxygen atoms in total. The number of nitrogens with one attached hydrogen (secondary N) is 1. The normalized spacial score (nSPS) is 13.0. The number of unbranched alkanes of at least 4 members (excludes halogenated alkanes) is 1. The van der Waals surface area contributed by atoms with Crippen LogP contribution in [-0.2, 0) is 13.0 Å². The van der Waals surface area contributed by atoms with Crippen molar-refractivity contribution < 1.29 is 14.3 Å². The largest absolute Gasteiger partial charge is 0.494 e. The van der Waals surface area contributed by atoms with Crippen LogP contribution >= 0.6 is 22.7 Å². The smallest absolute Gasteiger partial charge is 0.267 e. The number of rotatable bonds is 7. The molecule has 3 aromatic rings. The van der Waals surface area contributed by atoms with Gasteiger partial charge < -0.3 is 9.64 Å². The van der Waals surface area contributed by atoms with Gasteiger partial charge >= 0.3 is 0 Å². The molecule has 1 aliphatic heterocycles. The van der Waals surface area contributed by atoms with Gasteiger partial charge in [-0.2, -0.15) is 0 Å². The Bertz CT molecular complexity index is 1010. The van der Waals surface area contributed by atoms with Gasteiger partial charge in [-0.05, 0) is 42.1 Å². The summed E-state index contributed by atoms with van der Waals surface area (Å²) in [6.45, 7) is 3.94. The topological polar surface area (TPSA) is 71.5 Å². The van der Waals surface area contributed by atoms with Crippen molar-refractivity contribution in [2.75, 3.05) is 18.5 Å². The number of carbonyl (C=O) groups is 2. The zero-order valence-corrected chi connectivity index (χ0v) is 18.4. The molecule has 0 saturated heterocycles. The molecule has 156 valence electrons. The Morgan fingerprint density at radius 1 is 1.23 bits per heavy atom. The Kier molecular flexibility index (Phi) is 6.44. The van der Waals surface area contributed by atoms with Gasteiger partial charge in [0.1, 0.15) is 5.75 Å². The summed E-state index contributed by atoms with van der Waals surface area (Å²) in [5.74, 6) is 0.637. The summed E-state index contributed by atoms with van der Waals surface area (Å²) in [7, 11) is 0. The molecule has 3 heterocycles. The number of hydrogen-bond donors (Lipinski definition) is 1. The quantitative estimate of drug-likeness (QED) is 0.533. The van der Waals surface area contributed by atoms with E-state index in [1.54, 1.807) is 6.07 Å². The highest BCUT2D eigenvalue weighted by molar-refractivity contribution is 7.16. The minimum absolute atomic E-state index is 0.00155. The lowest BCUT2D eigenvalue weighted by Gasteiger charge is -2.26. The van der Waals surface area contributed by atoms with E-state index in [4.69, 9.17) is 4.74 Å². The van der Waals surface area contributed by atoms with E-state index in [-0.39, 0.29) is 11.8 Å². The molecule has 0 spiro atoms. The van der Waals surface area contributed by atoms with E-state index >= 15 is 0 Å². The second-order valence-electron chi connectivity index (χ2n) is 7.02. The van der Waals surface area contributed by atoms with Gasteiger partial charge in [0.25, 0.3) is 11.8 Å². The third kappa shape index (κ3) is 4.71. The molecule has 2 aromatic heterocycles. The van der Waals surface area contributed by atoms with Gasteiger partial charge in [-0.3, -0.25) is 14.9 Å². The van der Waals surface area contributed by atoms with Gasteiger partial charge in [-0.25, -0.2) is 4.98 Å². The first-order valence-corrected chi connectivity index (χ1v) is 11.7. The number of hydrogen-bond acceptors (Lipinski definition) is 6. The number of thiophene rings is 1. The molecule has 1 aliphatic rings. The molecule has 0 atom stereocenters. The molecule has 0 fully saturated rings.